The molecule has 13 nitrogen and oxygen atoms in total. The Hall–Kier alpha value is -5.28. The molecule has 53 heavy (non-hydrogen) atoms. The van der Waals surface area contributed by atoms with Crippen molar-refractivity contribution >= 4 is 40.2 Å². The molecule has 2 fully saturated rings. The van der Waals surface area contributed by atoms with E-state index in [1.807, 2.05) is 6.92 Å². The summed E-state index contributed by atoms with van der Waals surface area (Å²) in [5.41, 5.74) is 1.07. The number of pyridine rings is 2. The van der Waals surface area contributed by atoms with Crippen LogP contribution in [0.15, 0.2) is 30.6 Å². The fraction of sp³-hybridized carbons (Fsp3) is 0.486. The topological polar surface area (TPSA) is 165 Å². The molecule has 0 aromatic carbocycles. The van der Waals surface area contributed by atoms with Crippen molar-refractivity contribution in [1.82, 2.24) is 39.9 Å². The fourth-order valence-electron chi connectivity index (χ4n) is 8.05. The van der Waals surface area contributed by atoms with Crippen LogP contribution < -0.4 is 10.6 Å². The minimum absolute atomic E-state index is 0.0817. The van der Waals surface area contributed by atoms with Crippen LogP contribution in [0.4, 0.5) is 19.0 Å². The van der Waals surface area contributed by atoms with Crippen molar-refractivity contribution in [2.45, 2.75) is 97.4 Å². The fourth-order valence-corrected chi connectivity index (χ4v) is 8.05. The van der Waals surface area contributed by atoms with Gasteiger partial charge in [-0.15, -0.1) is 0 Å². The van der Waals surface area contributed by atoms with Crippen LogP contribution in [-0.2, 0) is 33.5 Å². The number of hydrogen-bond acceptors (Lipinski definition) is 9. The smallest absolute Gasteiger partial charge is 0.355 e. The minimum Gasteiger partial charge on any atom is -0.355 e. The molecule has 2 N–H and O–H groups in total. The molecule has 4 aromatic rings. The Balaban J connectivity index is 1.30. The van der Waals surface area contributed by atoms with E-state index in [2.05, 4.69) is 30.7 Å². The number of rotatable bonds is 4. The van der Waals surface area contributed by atoms with Gasteiger partial charge in [-0.3, -0.25) is 28.8 Å². The van der Waals surface area contributed by atoms with E-state index in [0.717, 1.165) is 25.3 Å². The van der Waals surface area contributed by atoms with Crippen molar-refractivity contribution in [2.75, 3.05) is 11.9 Å². The van der Waals surface area contributed by atoms with Gasteiger partial charge in [-0.1, -0.05) is 25.8 Å². The number of Topliss-reactive ketones (excluding diaryl/α,β-unsaturated/α-hetero) is 1. The van der Waals surface area contributed by atoms with Crippen molar-refractivity contribution in [3.05, 3.63) is 59.1 Å². The van der Waals surface area contributed by atoms with Crippen LogP contribution in [-0.4, -0.2) is 76.7 Å². The van der Waals surface area contributed by atoms with E-state index in [-0.39, 0.29) is 48.6 Å². The number of alkyl halides is 3. The summed E-state index contributed by atoms with van der Waals surface area (Å²) in [7, 11) is 0. The van der Waals surface area contributed by atoms with Gasteiger partial charge in [0, 0.05) is 54.7 Å². The third-order valence-electron chi connectivity index (χ3n) is 11.0. The molecule has 278 valence electrons. The van der Waals surface area contributed by atoms with Crippen LogP contribution in [0, 0.1) is 25.2 Å². The third-order valence-corrected chi connectivity index (χ3v) is 11.0. The number of aromatic nitrogens is 6. The van der Waals surface area contributed by atoms with Crippen LogP contribution in [0.3, 0.4) is 0 Å². The molecule has 1 saturated heterocycles. The highest BCUT2D eigenvalue weighted by Gasteiger charge is 2.72. The Morgan fingerprint density at radius 2 is 1.74 bits per heavy atom. The molecule has 3 amide bonds. The lowest BCUT2D eigenvalue weighted by atomic mass is 9.95. The van der Waals surface area contributed by atoms with Crippen LogP contribution in [0.25, 0.3) is 22.2 Å². The van der Waals surface area contributed by atoms with Gasteiger partial charge in [0.15, 0.2) is 5.78 Å². The summed E-state index contributed by atoms with van der Waals surface area (Å²) in [6, 6.07) is 2.32. The average molecular weight is 732 g/mol. The van der Waals surface area contributed by atoms with Crippen LogP contribution in [0.2, 0.25) is 0 Å². The van der Waals surface area contributed by atoms with Crippen LogP contribution in [0.5, 0.6) is 0 Å². The Kier molecular flexibility index (Phi) is 9.27. The number of ketones is 1. The third kappa shape index (κ3) is 6.74. The van der Waals surface area contributed by atoms with Gasteiger partial charge in [0.05, 0.1) is 16.9 Å². The quantitative estimate of drug-likeness (QED) is 0.275. The second-order valence-electron chi connectivity index (χ2n) is 14.5. The number of halogens is 3. The highest BCUT2D eigenvalue weighted by molar-refractivity contribution is 6.06. The van der Waals surface area contributed by atoms with Gasteiger partial charge >= 0.3 is 6.18 Å². The molecule has 4 atom stereocenters. The molecule has 0 radical (unpaired) electrons. The number of carbonyl (C=O) groups is 4. The average Bonchev–Trinajstić information content (AvgIpc) is 3.37. The molecule has 4 aromatic heterocycles. The van der Waals surface area contributed by atoms with Gasteiger partial charge in [-0.25, -0.2) is 15.0 Å². The second-order valence-corrected chi connectivity index (χ2v) is 14.5. The summed E-state index contributed by atoms with van der Waals surface area (Å²) in [6.07, 6.45) is 2.63. The number of carbonyl (C=O) groups excluding carboxylic acids is 4. The number of amides is 3. The number of nitrogens with zero attached hydrogens (tertiary/aromatic N) is 7. The predicted octanol–water partition coefficient (Wildman–Crippen LogP) is 4.99. The van der Waals surface area contributed by atoms with E-state index in [9.17, 15) is 32.3 Å². The highest BCUT2D eigenvalue weighted by atomic mass is 19.4. The highest BCUT2D eigenvalue weighted by Crippen LogP contribution is 2.64. The van der Waals surface area contributed by atoms with E-state index in [1.165, 1.54) is 29.5 Å². The van der Waals surface area contributed by atoms with Gasteiger partial charge < -0.3 is 15.5 Å². The number of piperidine rings is 1. The number of nitrogens with one attached hydrogen (secondary N) is 2. The van der Waals surface area contributed by atoms with E-state index >= 15 is 0 Å². The minimum atomic E-state index is -4.73. The van der Waals surface area contributed by atoms with E-state index in [0.29, 0.717) is 58.5 Å². The molecule has 2 unspecified atom stereocenters. The number of anilines is 1. The largest absolute Gasteiger partial charge is 0.433 e. The normalized spacial score (nSPS) is 23.7. The lowest BCUT2D eigenvalue weighted by Crippen LogP contribution is -2.47. The summed E-state index contributed by atoms with van der Waals surface area (Å²) < 4.78 is 42.1. The zero-order chi connectivity index (χ0) is 37.8. The van der Waals surface area contributed by atoms with Crippen LogP contribution >= 0.6 is 0 Å². The van der Waals surface area contributed by atoms with Gasteiger partial charge in [-0.2, -0.15) is 18.3 Å². The molecule has 2 aliphatic heterocycles. The van der Waals surface area contributed by atoms with Gasteiger partial charge in [0.25, 0.3) is 0 Å². The first-order chi connectivity index (χ1) is 25.2. The second kappa shape index (κ2) is 13.6. The lowest BCUT2D eigenvalue weighted by Gasteiger charge is -2.28. The summed E-state index contributed by atoms with van der Waals surface area (Å²) in [4.78, 5) is 73.2. The molecule has 1 aliphatic carbocycles. The number of hydrogen-bond donors (Lipinski definition) is 2. The van der Waals surface area contributed by atoms with Gasteiger partial charge in [-0.05, 0) is 63.1 Å². The van der Waals surface area contributed by atoms with Gasteiger partial charge in [0.2, 0.25) is 17.7 Å². The zero-order valence-corrected chi connectivity index (χ0v) is 29.9. The first-order valence-electron chi connectivity index (χ1n) is 17.8. The summed E-state index contributed by atoms with van der Waals surface area (Å²) in [5.74, 6) is -1.32. The van der Waals surface area contributed by atoms with Crippen molar-refractivity contribution in [1.29, 1.82) is 0 Å². The van der Waals surface area contributed by atoms with E-state index in [1.54, 1.807) is 25.4 Å². The van der Waals surface area contributed by atoms with Crippen molar-refractivity contribution < 1.29 is 32.3 Å². The predicted molar refractivity (Wildman–Crippen MR) is 186 cm³/mol. The Labute approximate surface area is 303 Å². The first-order valence-corrected chi connectivity index (χ1v) is 17.8. The number of aryl methyl sites for hydroxylation is 3. The maximum Gasteiger partial charge on any atom is 0.433 e. The molecule has 3 aliphatic rings. The summed E-state index contributed by atoms with van der Waals surface area (Å²) >= 11 is 0. The van der Waals surface area contributed by atoms with Crippen molar-refractivity contribution in [2.24, 2.45) is 11.3 Å². The Morgan fingerprint density at radius 1 is 1.02 bits per heavy atom. The lowest BCUT2D eigenvalue weighted by molar-refractivity contribution is -0.141. The summed E-state index contributed by atoms with van der Waals surface area (Å²) in [5, 5.41) is 10.7. The standard InChI is InChI=1S/C37H40F3N9O4/c1-19-11-12-28(37(38,39)40)45-34(19)46-35(53)27-14-36-18-43-29(51)10-8-6-5-7-9-25-32-24(13-26(44-25)23-15-41-22(4)42-16-23)31(21(3)50)47-48(32)17-30(52)49(27)33(36)20(36)2/h11-13,15-16,20,27,33H,5-10,14,17-18H2,1-4H3,(H,43,51)(H,45,46,53)/t20?,27-,33?,36+/m0/s1. The SMILES string of the molecule is CC(=O)c1nn2c3c(nc(-c4cnc(C)nc4)cc13)CCCCCCC(=O)NC[C@@]13C[C@@H](C(=O)Nc4nc(C(F)(F)F)ccc4C)N(C(=O)C2)C1C3C. The molecule has 6 heterocycles. The van der Waals surface area contributed by atoms with Crippen LogP contribution in [0.1, 0.15) is 85.6 Å². The maximum absolute atomic E-state index is 14.5. The molecule has 0 spiro atoms. The molecular formula is C37H40F3N9O4. The Bertz CT molecular complexity index is 2130. The summed E-state index contributed by atoms with van der Waals surface area (Å²) in [6.45, 7) is 6.57. The van der Waals surface area contributed by atoms with Gasteiger partial charge in [0.1, 0.15) is 35.6 Å². The molecular weight excluding hydrogens is 691 g/mol. The maximum atomic E-state index is 14.5. The molecule has 16 heteroatoms. The Morgan fingerprint density at radius 3 is 2.43 bits per heavy atom. The molecule has 7 rings (SSSR count). The van der Waals surface area contributed by atoms with Crippen molar-refractivity contribution in [3.63, 3.8) is 0 Å². The van der Waals surface area contributed by atoms with E-state index in [4.69, 9.17) is 4.98 Å². The van der Waals surface area contributed by atoms with Crippen molar-refractivity contribution in [3.8, 4) is 11.3 Å². The first kappa shape index (κ1) is 36.1. The monoisotopic (exact) mass is 731 g/mol. The molecule has 2 bridgehead atoms. The molecule has 1 saturated carbocycles. The van der Waals surface area contributed by atoms with E-state index < -0.39 is 41.2 Å². The zero-order valence-electron chi connectivity index (χ0n) is 29.9.